The van der Waals surface area contributed by atoms with E-state index in [1.54, 1.807) is 18.9 Å². The van der Waals surface area contributed by atoms with Crippen LogP contribution in [0.15, 0.2) is 48.5 Å². The number of ether oxygens (including phenoxy) is 2. The normalized spacial score (nSPS) is 10.6. The maximum absolute atomic E-state index is 9.58. The molecule has 6 heteroatoms. The summed E-state index contributed by atoms with van der Waals surface area (Å²) in [6, 6.07) is 15.1. The Bertz CT molecular complexity index is 797. The molecule has 0 bridgehead atoms. The number of hydrogen-bond donors (Lipinski definition) is 1. The number of benzene rings is 2. The van der Waals surface area contributed by atoms with Crippen LogP contribution in [0.4, 0.5) is 0 Å². The van der Waals surface area contributed by atoms with E-state index in [9.17, 15) is 5.11 Å². The molecule has 23 heavy (non-hydrogen) atoms. The zero-order valence-electron chi connectivity index (χ0n) is 12.9. The Morgan fingerprint density at radius 1 is 1.00 bits per heavy atom. The van der Waals surface area contributed by atoms with E-state index in [1.807, 2.05) is 48.5 Å². The van der Waals surface area contributed by atoms with Gasteiger partial charge in [-0.2, -0.15) is 0 Å². The van der Waals surface area contributed by atoms with Gasteiger partial charge in [0.25, 0.3) is 0 Å². The molecule has 0 spiro atoms. The molecule has 0 aliphatic rings. The molecular weight excluding hydrogens is 294 g/mol. The third kappa shape index (κ3) is 2.89. The lowest BCUT2D eigenvalue weighted by atomic mass is 10.1. The molecule has 6 nitrogen and oxygen atoms in total. The van der Waals surface area contributed by atoms with Crippen LogP contribution in [0.5, 0.6) is 11.5 Å². The molecular formula is C17H17N3O3. The average molecular weight is 311 g/mol. The van der Waals surface area contributed by atoms with Crippen LogP contribution in [0.1, 0.15) is 5.69 Å². The van der Waals surface area contributed by atoms with Crippen LogP contribution in [-0.4, -0.2) is 34.3 Å². The van der Waals surface area contributed by atoms with E-state index < -0.39 is 0 Å². The summed E-state index contributed by atoms with van der Waals surface area (Å²) in [4.78, 5) is 0. The van der Waals surface area contributed by atoms with Crippen molar-refractivity contribution in [1.82, 2.24) is 15.0 Å². The Morgan fingerprint density at radius 2 is 1.74 bits per heavy atom. The number of aromatic nitrogens is 3. The Morgan fingerprint density at radius 3 is 2.39 bits per heavy atom. The van der Waals surface area contributed by atoms with E-state index in [0.717, 1.165) is 28.4 Å². The molecule has 0 unspecified atom stereocenters. The third-order valence-corrected chi connectivity index (χ3v) is 3.55. The van der Waals surface area contributed by atoms with Crippen LogP contribution < -0.4 is 9.47 Å². The van der Waals surface area contributed by atoms with Gasteiger partial charge in [-0.3, -0.25) is 0 Å². The minimum Gasteiger partial charge on any atom is -0.497 e. The Kier molecular flexibility index (Phi) is 4.25. The Labute approximate surface area is 133 Å². The number of rotatable bonds is 5. The lowest BCUT2D eigenvalue weighted by Gasteiger charge is -2.09. The molecule has 0 atom stereocenters. The van der Waals surface area contributed by atoms with Gasteiger partial charge >= 0.3 is 0 Å². The zero-order valence-corrected chi connectivity index (χ0v) is 12.9. The standard InChI is InChI=1S/C17H17N3O3/c1-22-14-8-6-12(7-9-14)17-16(11-21)18-19-20(17)13-4-3-5-15(10-13)23-2/h3-10,21H,11H2,1-2H3. The van der Waals surface area contributed by atoms with Gasteiger partial charge in [0.05, 0.1) is 26.5 Å². The van der Waals surface area contributed by atoms with Crippen LogP contribution in [0.25, 0.3) is 16.9 Å². The molecule has 118 valence electrons. The van der Waals surface area contributed by atoms with Crippen molar-refractivity contribution >= 4 is 0 Å². The maximum Gasteiger partial charge on any atom is 0.121 e. The van der Waals surface area contributed by atoms with E-state index in [1.165, 1.54) is 0 Å². The Hall–Kier alpha value is -2.86. The van der Waals surface area contributed by atoms with Crippen LogP contribution in [0.3, 0.4) is 0 Å². The molecule has 0 saturated heterocycles. The van der Waals surface area contributed by atoms with Crippen molar-refractivity contribution in [2.45, 2.75) is 6.61 Å². The summed E-state index contributed by atoms with van der Waals surface area (Å²) in [5.74, 6) is 1.49. The topological polar surface area (TPSA) is 69.4 Å². The fraction of sp³-hybridized carbons (Fsp3) is 0.176. The highest BCUT2D eigenvalue weighted by Gasteiger charge is 2.16. The van der Waals surface area contributed by atoms with Crippen molar-refractivity contribution in [3.63, 3.8) is 0 Å². The quantitative estimate of drug-likeness (QED) is 0.784. The monoisotopic (exact) mass is 311 g/mol. The van der Waals surface area contributed by atoms with Crippen molar-refractivity contribution < 1.29 is 14.6 Å². The van der Waals surface area contributed by atoms with Gasteiger partial charge in [-0.15, -0.1) is 5.10 Å². The molecule has 0 radical (unpaired) electrons. The van der Waals surface area contributed by atoms with Gasteiger partial charge in [0.2, 0.25) is 0 Å². The highest BCUT2D eigenvalue weighted by Crippen LogP contribution is 2.28. The van der Waals surface area contributed by atoms with Crippen molar-refractivity contribution in [3.05, 3.63) is 54.2 Å². The first-order valence-electron chi connectivity index (χ1n) is 7.11. The second-order valence-electron chi connectivity index (χ2n) is 4.88. The van der Waals surface area contributed by atoms with Gasteiger partial charge in [0, 0.05) is 11.6 Å². The molecule has 1 N–H and O–H groups in total. The largest absolute Gasteiger partial charge is 0.497 e. The fourth-order valence-electron chi connectivity index (χ4n) is 2.38. The summed E-state index contributed by atoms with van der Waals surface area (Å²) in [5, 5.41) is 17.8. The second-order valence-corrected chi connectivity index (χ2v) is 4.88. The molecule has 0 fully saturated rings. The van der Waals surface area contributed by atoms with Gasteiger partial charge in [-0.1, -0.05) is 11.3 Å². The number of hydrogen-bond acceptors (Lipinski definition) is 5. The van der Waals surface area contributed by atoms with Crippen LogP contribution in [0.2, 0.25) is 0 Å². The van der Waals surface area contributed by atoms with Gasteiger partial charge in [-0.05, 0) is 36.4 Å². The number of nitrogens with zero attached hydrogens (tertiary/aromatic N) is 3. The van der Waals surface area contributed by atoms with Gasteiger partial charge in [0.1, 0.15) is 22.9 Å². The molecule has 2 aromatic carbocycles. The molecule has 1 heterocycles. The van der Waals surface area contributed by atoms with Crippen LogP contribution in [0, 0.1) is 0 Å². The van der Waals surface area contributed by atoms with Gasteiger partial charge < -0.3 is 14.6 Å². The first-order chi connectivity index (χ1) is 11.3. The van der Waals surface area contributed by atoms with Crippen LogP contribution >= 0.6 is 0 Å². The summed E-state index contributed by atoms with van der Waals surface area (Å²) >= 11 is 0. The summed E-state index contributed by atoms with van der Waals surface area (Å²) in [6.07, 6.45) is 0. The first-order valence-corrected chi connectivity index (χ1v) is 7.11. The van der Waals surface area contributed by atoms with E-state index in [4.69, 9.17) is 9.47 Å². The van der Waals surface area contributed by atoms with Crippen molar-refractivity contribution in [2.75, 3.05) is 14.2 Å². The number of methoxy groups -OCH3 is 2. The highest BCUT2D eigenvalue weighted by molar-refractivity contribution is 5.65. The van der Waals surface area contributed by atoms with Crippen molar-refractivity contribution in [1.29, 1.82) is 0 Å². The SMILES string of the molecule is COc1ccc(-c2c(CO)nnn2-c2cccc(OC)c2)cc1. The van der Waals surface area contributed by atoms with Crippen LogP contribution in [-0.2, 0) is 6.61 Å². The summed E-state index contributed by atoms with van der Waals surface area (Å²) in [7, 11) is 3.24. The smallest absolute Gasteiger partial charge is 0.121 e. The molecule has 0 aliphatic heterocycles. The summed E-state index contributed by atoms with van der Waals surface area (Å²) < 4.78 is 12.1. The van der Waals surface area contributed by atoms with E-state index in [2.05, 4.69) is 10.3 Å². The predicted molar refractivity (Wildman–Crippen MR) is 85.8 cm³/mol. The van der Waals surface area contributed by atoms with Gasteiger partial charge in [-0.25, -0.2) is 4.68 Å². The minimum absolute atomic E-state index is 0.189. The van der Waals surface area contributed by atoms with Gasteiger partial charge in [0.15, 0.2) is 0 Å². The summed E-state index contributed by atoms with van der Waals surface area (Å²) in [5.41, 5.74) is 2.95. The molecule has 1 aromatic heterocycles. The fourth-order valence-corrected chi connectivity index (χ4v) is 2.38. The average Bonchev–Trinajstić information content (AvgIpc) is 3.06. The lowest BCUT2D eigenvalue weighted by molar-refractivity contribution is 0.277. The van der Waals surface area contributed by atoms with E-state index in [-0.39, 0.29) is 6.61 Å². The van der Waals surface area contributed by atoms with Crippen molar-refractivity contribution in [2.24, 2.45) is 0 Å². The second kappa shape index (κ2) is 6.50. The van der Waals surface area contributed by atoms with Crippen molar-refractivity contribution in [3.8, 4) is 28.4 Å². The number of aliphatic hydroxyl groups excluding tert-OH is 1. The number of aliphatic hydroxyl groups is 1. The lowest BCUT2D eigenvalue weighted by Crippen LogP contribution is -2.00. The third-order valence-electron chi connectivity index (χ3n) is 3.55. The molecule has 0 saturated carbocycles. The molecule has 0 aliphatic carbocycles. The maximum atomic E-state index is 9.58. The minimum atomic E-state index is -0.189. The zero-order chi connectivity index (χ0) is 16.2. The molecule has 3 rings (SSSR count). The summed E-state index contributed by atoms with van der Waals surface area (Å²) in [6.45, 7) is -0.189. The predicted octanol–water partition coefficient (Wildman–Crippen LogP) is 2.44. The molecule has 0 amide bonds. The Balaban J connectivity index is 2.12. The van der Waals surface area contributed by atoms with E-state index in [0.29, 0.717) is 5.69 Å². The van der Waals surface area contributed by atoms with E-state index >= 15 is 0 Å². The highest BCUT2D eigenvalue weighted by atomic mass is 16.5. The molecule has 3 aromatic rings. The first kappa shape index (κ1) is 15.1.